The lowest BCUT2D eigenvalue weighted by Gasteiger charge is -2.30. The van der Waals surface area contributed by atoms with Crippen molar-refractivity contribution in [2.24, 2.45) is 0 Å². The number of hydrogen-bond acceptors (Lipinski definition) is 4. The van der Waals surface area contributed by atoms with Crippen LogP contribution < -0.4 is 0 Å². The van der Waals surface area contributed by atoms with Gasteiger partial charge in [-0.15, -0.1) is 11.6 Å². The van der Waals surface area contributed by atoms with Gasteiger partial charge in [-0.25, -0.2) is 8.42 Å². The Bertz CT molecular complexity index is 546. The van der Waals surface area contributed by atoms with E-state index in [9.17, 15) is 8.42 Å². The van der Waals surface area contributed by atoms with Crippen LogP contribution >= 0.6 is 39.3 Å². The molecule has 0 bridgehead atoms. The first-order valence-electron chi connectivity index (χ1n) is 5.95. The Morgan fingerprint density at radius 1 is 1.63 bits per heavy atom. The van der Waals surface area contributed by atoms with Crippen molar-refractivity contribution in [1.29, 1.82) is 0 Å². The molecular weight excluding hydrogens is 374 g/mol. The molecule has 19 heavy (non-hydrogen) atoms. The van der Waals surface area contributed by atoms with Crippen molar-refractivity contribution >= 4 is 49.3 Å². The van der Waals surface area contributed by atoms with Gasteiger partial charge in [0.2, 0.25) is 10.0 Å². The van der Waals surface area contributed by atoms with E-state index >= 15 is 0 Å². The van der Waals surface area contributed by atoms with E-state index in [4.69, 9.17) is 16.0 Å². The van der Waals surface area contributed by atoms with Gasteiger partial charge in [-0.3, -0.25) is 0 Å². The van der Waals surface area contributed by atoms with Gasteiger partial charge in [-0.2, -0.15) is 16.1 Å². The molecule has 0 N–H and O–H groups in total. The maximum Gasteiger partial charge on any atom is 0.247 e. The van der Waals surface area contributed by atoms with E-state index in [0.29, 0.717) is 24.1 Å². The average molecular weight is 389 g/mol. The van der Waals surface area contributed by atoms with Crippen molar-refractivity contribution in [2.75, 3.05) is 18.8 Å². The molecule has 108 valence electrons. The summed E-state index contributed by atoms with van der Waals surface area (Å²) in [6.07, 6.45) is 0.968. The summed E-state index contributed by atoms with van der Waals surface area (Å²) >= 11 is 10.7. The van der Waals surface area contributed by atoms with Crippen LogP contribution in [0.1, 0.15) is 19.1 Å². The molecule has 2 rings (SSSR count). The quantitative estimate of drug-likeness (QED) is 0.743. The molecule has 0 saturated carbocycles. The SMILES string of the molecule is CCC1CN(S(=O)(=O)c2cc(CCl)oc2Br)CCS1. The van der Waals surface area contributed by atoms with E-state index in [1.165, 1.54) is 10.4 Å². The lowest BCUT2D eigenvalue weighted by Crippen LogP contribution is -2.41. The van der Waals surface area contributed by atoms with Gasteiger partial charge in [0.05, 0.1) is 5.88 Å². The Balaban J connectivity index is 2.28. The fourth-order valence-electron chi connectivity index (χ4n) is 1.94. The molecule has 0 radical (unpaired) electrons. The molecule has 1 aliphatic heterocycles. The third-order valence-electron chi connectivity index (χ3n) is 3.01. The molecule has 1 atom stereocenters. The first-order chi connectivity index (χ1) is 8.98. The van der Waals surface area contributed by atoms with E-state index in [-0.39, 0.29) is 15.4 Å². The summed E-state index contributed by atoms with van der Waals surface area (Å²) in [4.78, 5) is 0.171. The van der Waals surface area contributed by atoms with Gasteiger partial charge in [0.15, 0.2) is 4.67 Å². The van der Waals surface area contributed by atoms with Crippen molar-refractivity contribution in [3.63, 3.8) is 0 Å². The second kappa shape index (κ2) is 6.39. The van der Waals surface area contributed by atoms with E-state index in [0.717, 1.165) is 12.2 Å². The Hall–Kier alpha value is 0.310. The zero-order valence-corrected chi connectivity index (χ0v) is 14.4. The minimum absolute atomic E-state index is 0.154. The Labute approximate surface area is 131 Å². The van der Waals surface area contributed by atoms with Crippen molar-refractivity contribution in [3.05, 3.63) is 16.5 Å². The molecule has 1 aromatic heterocycles. The molecule has 0 spiro atoms. The highest BCUT2D eigenvalue weighted by molar-refractivity contribution is 9.10. The second-order valence-electron chi connectivity index (χ2n) is 4.25. The maximum absolute atomic E-state index is 12.6. The van der Waals surface area contributed by atoms with Crippen LogP contribution in [-0.4, -0.2) is 36.8 Å². The molecule has 1 saturated heterocycles. The first kappa shape index (κ1) is 15.7. The van der Waals surface area contributed by atoms with Gasteiger partial charge < -0.3 is 4.42 Å². The van der Waals surface area contributed by atoms with Crippen molar-refractivity contribution in [3.8, 4) is 0 Å². The molecule has 0 aromatic carbocycles. The molecule has 1 aliphatic rings. The third-order valence-corrected chi connectivity index (χ3v) is 7.37. The lowest BCUT2D eigenvalue weighted by molar-refractivity contribution is 0.413. The number of hydrogen-bond donors (Lipinski definition) is 0. The van der Waals surface area contributed by atoms with Crippen molar-refractivity contribution < 1.29 is 12.8 Å². The Morgan fingerprint density at radius 2 is 2.37 bits per heavy atom. The number of rotatable bonds is 4. The highest BCUT2D eigenvalue weighted by atomic mass is 79.9. The number of halogens is 2. The van der Waals surface area contributed by atoms with Crippen LogP contribution in [0.25, 0.3) is 0 Å². The zero-order valence-electron chi connectivity index (χ0n) is 10.4. The van der Waals surface area contributed by atoms with Gasteiger partial charge in [0.25, 0.3) is 0 Å². The van der Waals surface area contributed by atoms with Crippen LogP contribution in [0.15, 0.2) is 20.0 Å². The first-order valence-corrected chi connectivity index (χ1v) is 9.76. The summed E-state index contributed by atoms with van der Waals surface area (Å²) in [5.74, 6) is 1.43. The summed E-state index contributed by atoms with van der Waals surface area (Å²) in [5, 5.41) is 0.363. The van der Waals surface area contributed by atoms with Crippen LogP contribution in [0, 0.1) is 0 Å². The van der Waals surface area contributed by atoms with E-state index in [1.54, 1.807) is 0 Å². The van der Waals surface area contributed by atoms with Crippen LogP contribution in [0.4, 0.5) is 0 Å². The monoisotopic (exact) mass is 387 g/mol. The van der Waals surface area contributed by atoms with E-state index in [2.05, 4.69) is 22.9 Å². The highest BCUT2D eigenvalue weighted by Gasteiger charge is 2.33. The lowest BCUT2D eigenvalue weighted by atomic mass is 10.3. The summed E-state index contributed by atoms with van der Waals surface area (Å²) < 4.78 is 32.2. The predicted octanol–water partition coefficient (Wildman–Crippen LogP) is 3.30. The third kappa shape index (κ3) is 3.32. The molecule has 8 heteroatoms. The minimum atomic E-state index is -3.50. The zero-order chi connectivity index (χ0) is 14.0. The largest absolute Gasteiger partial charge is 0.452 e. The van der Waals surface area contributed by atoms with Crippen LogP contribution in [0.5, 0.6) is 0 Å². The second-order valence-corrected chi connectivity index (χ2v) is 8.55. The number of alkyl halides is 1. The van der Waals surface area contributed by atoms with Crippen LogP contribution in [-0.2, 0) is 15.9 Å². The molecule has 1 fully saturated rings. The van der Waals surface area contributed by atoms with E-state index in [1.807, 2.05) is 11.8 Å². The number of thioether (sulfide) groups is 1. The standard InChI is InChI=1S/C11H15BrClNO3S2/c1-2-9-7-14(3-4-18-9)19(15,16)10-5-8(6-13)17-11(10)12/h5,9H,2-4,6-7H2,1H3. The van der Waals surface area contributed by atoms with Gasteiger partial charge in [-0.1, -0.05) is 6.92 Å². The number of nitrogens with zero attached hydrogens (tertiary/aromatic N) is 1. The molecule has 0 aliphatic carbocycles. The summed E-state index contributed by atoms with van der Waals surface area (Å²) in [5.41, 5.74) is 0. The van der Waals surface area contributed by atoms with Gasteiger partial charge >= 0.3 is 0 Å². The maximum atomic E-state index is 12.6. The van der Waals surface area contributed by atoms with Gasteiger partial charge in [0, 0.05) is 30.2 Å². The fraction of sp³-hybridized carbons (Fsp3) is 0.636. The van der Waals surface area contributed by atoms with Crippen LogP contribution in [0.3, 0.4) is 0 Å². The molecule has 1 unspecified atom stereocenters. The number of furan rings is 1. The summed E-state index contributed by atoms with van der Waals surface area (Å²) in [7, 11) is -3.50. The van der Waals surface area contributed by atoms with Crippen molar-refractivity contribution in [1.82, 2.24) is 4.31 Å². The fourth-order valence-corrected chi connectivity index (χ4v) is 5.90. The van der Waals surface area contributed by atoms with Crippen LogP contribution in [0.2, 0.25) is 0 Å². The topological polar surface area (TPSA) is 50.5 Å². The minimum Gasteiger partial charge on any atom is -0.452 e. The van der Waals surface area contributed by atoms with Crippen molar-refractivity contribution in [2.45, 2.75) is 29.4 Å². The molecule has 0 amide bonds. The van der Waals surface area contributed by atoms with Gasteiger partial charge in [0.1, 0.15) is 10.7 Å². The molecule has 2 heterocycles. The normalized spacial score (nSPS) is 21.7. The predicted molar refractivity (Wildman–Crippen MR) is 81.3 cm³/mol. The summed E-state index contributed by atoms with van der Waals surface area (Å²) in [6, 6.07) is 1.50. The molecule has 1 aromatic rings. The summed E-state index contributed by atoms with van der Waals surface area (Å²) in [6.45, 7) is 3.17. The van der Waals surface area contributed by atoms with E-state index < -0.39 is 10.0 Å². The smallest absolute Gasteiger partial charge is 0.247 e. The molecular formula is C11H15BrClNO3S2. The van der Waals surface area contributed by atoms with Gasteiger partial charge in [-0.05, 0) is 22.4 Å². The average Bonchev–Trinajstić information content (AvgIpc) is 2.81. The number of sulfonamides is 1. The Kier molecular flexibility index (Phi) is 5.28. The Morgan fingerprint density at radius 3 is 2.95 bits per heavy atom. The molecule has 4 nitrogen and oxygen atoms in total. The highest BCUT2D eigenvalue weighted by Crippen LogP contribution is 2.32.